The van der Waals surface area contributed by atoms with E-state index in [0.29, 0.717) is 24.4 Å². The van der Waals surface area contributed by atoms with Crippen LogP contribution in [-0.2, 0) is 19.5 Å². The Kier molecular flexibility index (Phi) is 4.51. The molecule has 0 aliphatic rings. The van der Waals surface area contributed by atoms with E-state index >= 15 is 0 Å². The number of nitrogens with zero attached hydrogens (tertiary/aromatic N) is 6. The van der Waals surface area contributed by atoms with Crippen molar-refractivity contribution >= 4 is 17.0 Å². The van der Waals surface area contributed by atoms with Gasteiger partial charge in [0.05, 0.1) is 18.8 Å². The van der Waals surface area contributed by atoms with Crippen molar-refractivity contribution in [2.75, 3.05) is 5.32 Å². The molecule has 0 aliphatic carbocycles. The van der Waals surface area contributed by atoms with Gasteiger partial charge in [-0.05, 0) is 17.7 Å². The van der Waals surface area contributed by atoms with E-state index in [1.807, 2.05) is 48.0 Å². The fourth-order valence-corrected chi connectivity index (χ4v) is 2.72. The van der Waals surface area contributed by atoms with Crippen LogP contribution in [0.15, 0.2) is 54.7 Å². The number of nitrogens with one attached hydrogen (secondary N) is 1. The van der Waals surface area contributed by atoms with Gasteiger partial charge < -0.3 is 5.32 Å². The van der Waals surface area contributed by atoms with E-state index in [0.717, 1.165) is 29.1 Å². The SMILES string of the molecule is CCc1nc(NCc2ccccn2)c2nnn(Cc3ccccc3)c2n1. The second-order valence-electron chi connectivity index (χ2n) is 5.92. The summed E-state index contributed by atoms with van der Waals surface area (Å²) in [5.41, 5.74) is 3.51. The van der Waals surface area contributed by atoms with Crippen LogP contribution in [0.4, 0.5) is 5.82 Å². The Morgan fingerprint density at radius 3 is 2.62 bits per heavy atom. The summed E-state index contributed by atoms with van der Waals surface area (Å²) in [4.78, 5) is 13.6. The summed E-state index contributed by atoms with van der Waals surface area (Å²) in [6, 6.07) is 16.0. The van der Waals surface area contributed by atoms with Crippen LogP contribution in [0.3, 0.4) is 0 Å². The lowest BCUT2D eigenvalue weighted by atomic mass is 10.2. The third kappa shape index (κ3) is 3.37. The first kappa shape index (κ1) is 16.1. The minimum absolute atomic E-state index is 0.571. The van der Waals surface area contributed by atoms with Crippen LogP contribution in [-0.4, -0.2) is 29.9 Å². The van der Waals surface area contributed by atoms with E-state index in [9.17, 15) is 0 Å². The largest absolute Gasteiger partial charge is 0.362 e. The Morgan fingerprint density at radius 1 is 1.00 bits per heavy atom. The highest BCUT2D eigenvalue weighted by Crippen LogP contribution is 2.19. The molecule has 0 bridgehead atoms. The van der Waals surface area contributed by atoms with Gasteiger partial charge in [-0.1, -0.05) is 48.5 Å². The Bertz CT molecular complexity index is 997. The van der Waals surface area contributed by atoms with E-state index in [-0.39, 0.29) is 0 Å². The second-order valence-corrected chi connectivity index (χ2v) is 5.92. The van der Waals surface area contributed by atoms with Crippen LogP contribution < -0.4 is 5.32 Å². The van der Waals surface area contributed by atoms with Gasteiger partial charge in [0.25, 0.3) is 0 Å². The quantitative estimate of drug-likeness (QED) is 0.579. The molecule has 4 aromatic rings. The van der Waals surface area contributed by atoms with Crippen LogP contribution >= 0.6 is 0 Å². The topological polar surface area (TPSA) is 81.4 Å². The molecule has 130 valence electrons. The van der Waals surface area contributed by atoms with Crippen LogP contribution in [0.2, 0.25) is 0 Å². The lowest BCUT2D eigenvalue weighted by Gasteiger charge is -2.08. The minimum atomic E-state index is 0.571. The molecular weight excluding hydrogens is 326 g/mol. The second kappa shape index (κ2) is 7.26. The number of fused-ring (bicyclic) bond motifs is 1. The van der Waals surface area contributed by atoms with E-state index < -0.39 is 0 Å². The van der Waals surface area contributed by atoms with Gasteiger partial charge in [0.1, 0.15) is 5.82 Å². The van der Waals surface area contributed by atoms with Crippen molar-refractivity contribution in [1.82, 2.24) is 29.9 Å². The van der Waals surface area contributed by atoms with Gasteiger partial charge in [-0.15, -0.1) is 5.10 Å². The number of benzene rings is 1. The van der Waals surface area contributed by atoms with Crippen molar-refractivity contribution in [1.29, 1.82) is 0 Å². The Hall–Kier alpha value is -3.35. The predicted molar refractivity (Wildman–Crippen MR) is 99.6 cm³/mol. The van der Waals surface area contributed by atoms with Crippen LogP contribution in [0.5, 0.6) is 0 Å². The molecule has 0 aliphatic heterocycles. The molecule has 3 heterocycles. The van der Waals surface area contributed by atoms with Gasteiger partial charge in [0.2, 0.25) is 0 Å². The zero-order valence-corrected chi connectivity index (χ0v) is 14.5. The van der Waals surface area contributed by atoms with Crippen LogP contribution in [0, 0.1) is 0 Å². The highest BCUT2D eigenvalue weighted by Gasteiger charge is 2.14. The molecule has 0 spiro atoms. The number of hydrogen-bond acceptors (Lipinski definition) is 6. The molecule has 0 saturated carbocycles. The van der Waals surface area contributed by atoms with Gasteiger partial charge in [-0.25, -0.2) is 14.6 Å². The van der Waals surface area contributed by atoms with Crippen LogP contribution in [0.1, 0.15) is 24.0 Å². The fraction of sp³-hybridized carbons (Fsp3) is 0.211. The molecule has 0 radical (unpaired) electrons. The zero-order valence-electron chi connectivity index (χ0n) is 14.5. The summed E-state index contributed by atoms with van der Waals surface area (Å²) in [6.45, 7) is 3.23. The standard InChI is InChI=1S/C19H19N7/c1-2-16-22-18(21-12-15-10-6-7-11-20-15)17-19(23-16)26(25-24-17)13-14-8-4-3-5-9-14/h3-11H,2,12-13H2,1H3,(H,21,22,23). The molecule has 0 amide bonds. The summed E-state index contributed by atoms with van der Waals surface area (Å²) < 4.78 is 1.82. The average molecular weight is 345 g/mol. The Labute approximate surface area is 151 Å². The van der Waals surface area contributed by atoms with Gasteiger partial charge in [-0.2, -0.15) is 0 Å². The van der Waals surface area contributed by atoms with Crippen molar-refractivity contribution < 1.29 is 0 Å². The molecule has 1 N–H and O–H groups in total. The van der Waals surface area contributed by atoms with Gasteiger partial charge in [0, 0.05) is 12.6 Å². The number of rotatable bonds is 6. The lowest BCUT2D eigenvalue weighted by Crippen LogP contribution is -2.08. The number of pyridine rings is 1. The number of aromatic nitrogens is 6. The summed E-state index contributed by atoms with van der Waals surface area (Å²) in [7, 11) is 0. The fourth-order valence-electron chi connectivity index (χ4n) is 2.72. The summed E-state index contributed by atoms with van der Waals surface area (Å²) in [5.74, 6) is 1.45. The van der Waals surface area contributed by atoms with E-state index in [1.54, 1.807) is 6.20 Å². The molecule has 3 aromatic heterocycles. The number of hydrogen-bond donors (Lipinski definition) is 1. The molecule has 0 saturated heterocycles. The molecule has 0 atom stereocenters. The van der Waals surface area contributed by atoms with Gasteiger partial charge >= 0.3 is 0 Å². The highest BCUT2D eigenvalue weighted by molar-refractivity contribution is 5.82. The van der Waals surface area contributed by atoms with Gasteiger partial charge in [0.15, 0.2) is 17.0 Å². The Balaban J connectivity index is 1.67. The lowest BCUT2D eigenvalue weighted by molar-refractivity contribution is 0.662. The predicted octanol–water partition coefficient (Wildman–Crippen LogP) is 2.84. The van der Waals surface area contributed by atoms with Gasteiger partial charge in [-0.3, -0.25) is 4.98 Å². The maximum absolute atomic E-state index is 4.64. The molecule has 7 heteroatoms. The Morgan fingerprint density at radius 2 is 1.85 bits per heavy atom. The smallest absolute Gasteiger partial charge is 0.184 e. The van der Waals surface area contributed by atoms with E-state index in [2.05, 4.69) is 42.7 Å². The third-order valence-corrected chi connectivity index (χ3v) is 4.06. The maximum Gasteiger partial charge on any atom is 0.184 e. The number of aryl methyl sites for hydroxylation is 1. The highest BCUT2D eigenvalue weighted by atomic mass is 15.4. The number of anilines is 1. The van der Waals surface area contributed by atoms with Crippen molar-refractivity contribution in [3.05, 3.63) is 71.8 Å². The summed E-state index contributed by atoms with van der Waals surface area (Å²) in [5, 5.41) is 11.9. The van der Waals surface area contributed by atoms with E-state index in [4.69, 9.17) is 0 Å². The molecule has 26 heavy (non-hydrogen) atoms. The molecule has 0 unspecified atom stereocenters. The van der Waals surface area contributed by atoms with Crippen molar-refractivity contribution in [2.24, 2.45) is 0 Å². The van der Waals surface area contributed by atoms with Crippen molar-refractivity contribution in [2.45, 2.75) is 26.4 Å². The monoisotopic (exact) mass is 345 g/mol. The van der Waals surface area contributed by atoms with Crippen molar-refractivity contribution in [3.63, 3.8) is 0 Å². The first-order valence-electron chi connectivity index (χ1n) is 8.61. The molecule has 0 fully saturated rings. The van der Waals surface area contributed by atoms with Crippen LogP contribution in [0.25, 0.3) is 11.2 Å². The zero-order chi connectivity index (χ0) is 17.8. The summed E-state index contributed by atoms with van der Waals surface area (Å²) in [6.07, 6.45) is 2.52. The minimum Gasteiger partial charge on any atom is -0.362 e. The molecule has 4 rings (SSSR count). The average Bonchev–Trinajstić information content (AvgIpc) is 3.10. The van der Waals surface area contributed by atoms with Crippen molar-refractivity contribution in [3.8, 4) is 0 Å². The van der Waals surface area contributed by atoms with E-state index in [1.165, 1.54) is 0 Å². The first-order valence-corrected chi connectivity index (χ1v) is 8.61. The third-order valence-electron chi connectivity index (χ3n) is 4.06. The molecular formula is C19H19N7. The maximum atomic E-state index is 4.64. The first-order chi connectivity index (χ1) is 12.8. The summed E-state index contributed by atoms with van der Waals surface area (Å²) >= 11 is 0. The molecule has 7 nitrogen and oxygen atoms in total. The normalized spacial score (nSPS) is 11.0. The molecule has 1 aromatic carbocycles.